The van der Waals surface area contributed by atoms with Gasteiger partial charge in [-0.05, 0) is 31.0 Å². The van der Waals surface area contributed by atoms with Gasteiger partial charge in [0.15, 0.2) is 0 Å². The molecule has 0 aliphatic heterocycles. The fraction of sp³-hybridized carbons (Fsp3) is 0.462. The molecule has 17 heavy (non-hydrogen) atoms. The highest BCUT2D eigenvalue weighted by atomic mass is 79.9. The van der Waals surface area contributed by atoms with Gasteiger partial charge in [-0.3, -0.25) is 5.32 Å². The van der Waals surface area contributed by atoms with E-state index in [0.29, 0.717) is 6.04 Å². The van der Waals surface area contributed by atoms with Gasteiger partial charge in [0, 0.05) is 10.5 Å². The van der Waals surface area contributed by atoms with Crippen molar-refractivity contribution < 1.29 is 4.74 Å². The van der Waals surface area contributed by atoms with Gasteiger partial charge in [0.2, 0.25) is 0 Å². The van der Waals surface area contributed by atoms with Gasteiger partial charge in [-0.2, -0.15) is 5.26 Å². The van der Waals surface area contributed by atoms with E-state index >= 15 is 0 Å². The zero-order valence-corrected chi connectivity index (χ0v) is 11.9. The number of nitrogens with zero attached hydrogens (tertiary/aromatic N) is 1. The van der Waals surface area contributed by atoms with Crippen molar-refractivity contribution in [2.24, 2.45) is 0 Å². The Labute approximate surface area is 111 Å². The molecule has 0 saturated heterocycles. The molecule has 1 aromatic rings. The van der Waals surface area contributed by atoms with Crippen LogP contribution in [0.3, 0.4) is 0 Å². The molecule has 1 N–H and O–H groups in total. The van der Waals surface area contributed by atoms with E-state index in [-0.39, 0.29) is 6.04 Å². The molecule has 0 aliphatic carbocycles. The Morgan fingerprint density at radius 1 is 1.53 bits per heavy atom. The van der Waals surface area contributed by atoms with Gasteiger partial charge in [-0.15, -0.1) is 0 Å². The lowest BCUT2D eigenvalue weighted by Gasteiger charge is -2.18. The van der Waals surface area contributed by atoms with Crippen LogP contribution in [0.1, 0.15) is 31.9 Å². The van der Waals surface area contributed by atoms with Crippen LogP contribution in [0.2, 0.25) is 0 Å². The number of hydrogen-bond acceptors (Lipinski definition) is 3. The smallest absolute Gasteiger partial charge is 0.122 e. The molecule has 0 aromatic heterocycles. The third-order valence-electron chi connectivity index (χ3n) is 2.71. The molecule has 0 saturated carbocycles. The minimum Gasteiger partial charge on any atom is -0.497 e. The van der Waals surface area contributed by atoms with E-state index < -0.39 is 0 Å². The molecule has 3 nitrogen and oxygen atoms in total. The van der Waals surface area contributed by atoms with Gasteiger partial charge in [-0.1, -0.05) is 28.9 Å². The lowest BCUT2D eigenvalue weighted by atomic mass is 10.1. The van der Waals surface area contributed by atoms with Crippen molar-refractivity contribution in [2.45, 2.75) is 32.4 Å². The number of hydrogen-bond donors (Lipinski definition) is 1. The maximum atomic E-state index is 9.21. The number of benzene rings is 1. The number of ether oxygens (including phenoxy) is 1. The lowest BCUT2D eigenvalue weighted by molar-refractivity contribution is 0.414. The minimum absolute atomic E-state index is 0.301. The summed E-state index contributed by atoms with van der Waals surface area (Å²) in [5, 5.41) is 12.5. The van der Waals surface area contributed by atoms with Crippen LogP contribution in [0.5, 0.6) is 5.75 Å². The van der Waals surface area contributed by atoms with Crippen LogP contribution >= 0.6 is 15.9 Å². The van der Waals surface area contributed by atoms with E-state index in [1.54, 1.807) is 7.11 Å². The topological polar surface area (TPSA) is 45.0 Å². The zero-order valence-electron chi connectivity index (χ0n) is 10.3. The second kappa shape index (κ2) is 6.63. The summed E-state index contributed by atoms with van der Waals surface area (Å²) in [5.41, 5.74) is 0.939. The lowest BCUT2D eigenvalue weighted by Crippen LogP contribution is -2.29. The largest absolute Gasteiger partial charge is 0.497 e. The highest BCUT2D eigenvalue weighted by Crippen LogP contribution is 2.27. The molecule has 1 rings (SSSR count). The highest BCUT2D eigenvalue weighted by Gasteiger charge is 2.15. The molecular formula is C13H17BrN2O. The first-order valence-electron chi connectivity index (χ1n) is 5.61. The predicted molar refractivity (Wildman–Crippen MR) is 71.9 cm³/mol. The number of rotatable bonds is 5. The molecule has 0 bridgehead atoms. The van der Waals surface area contributed by atoms with Crippen LogP contribution in [-0.2, 0) is 0 Å². The maximum Gasteiger partial charge on any atom is 0.122 e. The molecule has 0 aliphatic rings. The fourth-order valence-electron chi connectivity index (χ4n) is 1.47. The van der Waals surface area contributed by atoms with Crippen molar-refractivity contribution in [2.75, 3.05) is 7.11 Å². The Balaban J connectivity index is 2.93. The average Bonchev–Trinajstić information content (AvgIpc) is 2.35. The first-order valence-corrected chi connectivity index (χ1v) is 6.40. The van der Waals surface area contributed by atoms with Gasteiger partial charge < -0.3 is 4.74 Å². The summed E-state index contributed by atoms with van der Waals surface area (Å²) >= 11 is 3.47. The fourth-order valence-corrected chi connectivity index (χ4v) is 2.05. The average molecular weight is 297 g/mol. The number of nitriles is 1. The summed E-state index contributed by atoms with van der Waals surface area (Å²) in [7, 11) is 1.63. The van der Waals surface area contributed by atoms with Crippen LogP contribution in [0.25, 0.3) is 0 Å². The summed E-state index contributed by atoms with van der Waals surface area (Å²) < 4.78 is 6.02. The van der Waals surface area contributed by atoms with Crippen LogP contribution in [0.4, 0.5) is 0 Å². The minimum atomic E-state index is -0.301. The molecule has 0 fully saturated rings. The van der Waals surface area contributed by atoms with Crippen molar-refractivity contribution in [3.05, 3.63) is 28.2 Å². The van der Waals surface area contributed by atoms with Gasteiger partial charge in [0.25, 0.3) is 0 Å². The molecule has 1 aromatic carbocycles. The van der Waals surface area contributed by atoms with E-state index in [0.717, 1.165) is 22.2 Å². The SMILES string of the molecule is CCC(C)NC(C#N)c1ccc(OC)cc1Br. The van der Waals surface area contributed by atoms with Crippen LogP contribution < -0.4 is 10.1 Å². The molecular weight excluding hydrogens is 280 g/mol. The Morgan fingerprint density at radius 2 is 2.24 bits per heavy atom. The molecule has 0 radical (unpaired) electrons. The Kier molecular flexibility index (Phi) is 5.46. The second-order valence-electron chi connectivity index (χ2n) is 3.93. The number of nitrogens with one attached hydrogen (secondary N) is 1. The van der Waals surface area contributed by atoms with Crippen molar-refractivity contribution in [3.8, 4) is 11.8 Å². The monoisotopic (exact) mass is 296 g/mol. The van der Waals surface area contributed by atoms with Crippen LogP contribution in [0.15, 0.2) is 22.7 Å². The number of halogens is 1. The summed E-state index contributed by atoms with van der Waals surface area (Å²) in [5.74, 6) is 0.779. The summed E-state index contributed by atoms with van der Waals surface area (Å²) in [4.78, 5) is 0. The van der Waals surface area contributed by atoms with Crippen molar-refractivity contribution in [1.29, 1.82) is 5.26 Å². The Morgan fingerprint density at radius 3 is 2.71 bits per heavy atom. The van der Waals surface area contributed by atoms with Gasteiger partial charge in [0.05, 0.1) is 13.2 Å². The van der Waals surface area contributed by atoms with Crippen molar-refractivity contribution >= 4 is 15.9 Å². The summed E-state index contributed by atoms with van der Waals surface area (Å²) in [6, 6.07) is 7.94. The van der Waals surface area contributed by atoms with Gasteiger partial charge in [-0.25, -0.2) is 0 Å². The Hall–Kier alpha value is -1.05. The first kappa shape index (κ1) is 14.0. The molecule has 0 heterocycles. The maximum absolute atomic E-state index is 9.21. The van der Waals surface area contributed by atoms with Crippen molar-refractivity contribution in [3.63, 3.8) is 0 Å². The quantitative estimate of drug-likeness (QED) is 0.906. The summed E-state index contributed by atoms with van der Waals surface area (Å²) in [6.07, 6.45) is 0.992. The van der Waals surface area contributed by atoms with E-state index in [2.05, 4.69) is 41.2 Å². The van der Waals surface area contributed by atoms with Crippen LogP contribution in [0, 0.1) is 11.3 Å². The molecule has 0 amide bonds. The highest BCUT2D eigenvalue weighted by molar-refractivity contribution is 9.10. The van der Waals surface area contributed by atoms with E-state index in [4.69, 9.17) is 4.74 Å². The van der Waals surface area contributed by atoms with E-state index in [1.165, 1.54) is 0 Å². The van der Waals surface area contributed by atoms with Crippen molar-refractivity contribution in [1.82, 2.24) is 5.32 Å². The molecule has 92 valence electrons. The standard InChI is InChI=1S/C13H17BrN2O/c1-4-9(2)16-13(8-15)11-6-5-10(17-3)7-12(11)14/h5-7,9,13,16H,4H2,1-3H3. The predicted octanol–water partition coefficient (Wildman–Crippen LogP) is 3.41. The third kappa shape index (κ3) is 3.72. The summed E-state index contributed by atoms with van der Waals surface area (Å²) in [6.45, 7) is 4.16. The first-order chi connectivity index (χ1) is 8.12. The molecule has 2 unspecified atom stereocenters. The molecule has 2 atom stereocenters. The third-order valence-corrected chi connectivity index (χ3v) is 3.40. The Bertz CT molecular complexity index is 414. The zero-order chi connectivity index (χ0) is 12.8. The molecule has 0 spiro atoms. The van der Waals surface area contributed by atoms with E-state index in [9.17, 15) is 5.26 Å². The number of methoxy groups -OCH3 is 1. The van der Waals surface area contributed by atoms with Gasteiger partial charge in [0.1, 0.15) is 11.8 Å². The van der Waals surface area contributed by atoms with Crippen LogP contribution in [-0.4, -0.2) is 13.2 Å². The molecule has 4 heteroatoms. The van der Waals surface area contributed by atoms with Gasteiger partial charge >= 0.3 is 0 Å². The second-order valence-corrected chi connectivity index (χ2v) is 4.78. The normalized spacial score (nSPS) is 13.8. The van der Waals surface area contributed by atoms with E-state index in [1.807, 2.05) is 18.2 Å².